The van der Waals surface area contributed by atoms with Crippen molar-refractivity contribution in [3.63, 3.8) is 0 Å². The Bertz CT molecular complexity index is 728. The topological polar surface area (TPSA) is 58.6 Å². The fourth-order valence-electron chi connectivity index (χ4n) is 2.81. The van der Waals surface area contributed by atoms with Gasteiger partial charge >= 0.3 is 0 Å². The number of carbonyl (C=O) groups excluding carboxylic acids is 2. The number of ether oxygens (including phenoxy) is 1. The molecule has 1 fully saturated rings. The quantitative estimate of drug-likeness (QED) is 0.789. The van der Waals surface area contributed by atoms with E-state index in [1.165, 1.54) is 4.90 Å². The van der Waals surface area contributed by atoms with Gasteiger partial charge in [0.1, 0.15) is 5.75 Å². The van der Waals surface area contributed by atoms with Crippen LogP contribution in [0.15, 0.2) is 54.6 Å². The summed E-state index contributed by atoms with van der Waals surface area (Å²) in [6.07, 6.45) is 1.11. The van der Waals surface area contributed by atoms with Crippen LogP contribution in [0.4, 0.5) is 5.69 Å². The molecular weight excluding hydrogens is 316 g/mol. The first-order chi connectivity index (χ1) is 12.2. The van der Waals surface area contributed by atoms with Gasteiger partial charge in [-0.2, -0.15) is 0 Å². The molecule has 25 heavy (non-hydrogen) atoms. The fourth-order valence-corrected chi connectivity index (χ4v) is 2.81. The second kappa shape index (κ2) is 7.94. The Morgan fingerprint density at radius 3 is 2.48 bits per heavy atom. The number of benzene rings is 2. The van der Waals surface area contributed by atoms with Crippen LogP contribution in [0.5, 0.6) is 5.75 Å². The van der Waals surface area contributed by atoms with Gasteiger partial charge in [-0.15, -0.1) is 0 Å². The van der Waals surface area contributed by atoms with Crippen LogP contribution in [0, 0.1) is 0 Å². The number of hydrogen-bond acceptors (Lipinski definition) is 4. The number of nitrogens with one attached hydrogen (secondary N) is 1. The monoisotopic (exact) mass is 338 g/mol. The summed E-state index contributed by atoms with van der Waals surface area (Å²) in [5.74, 6) is 0.351. The van der Waals surface area contributed by atoms with Crippen LogP contribution in [0.2, 0.25) is 0 Å². The molecule has 3 rings (SSSR count). The van der Waals surface area contributed by atoms with Gasteiger partial charge in [-0.1, -0.05) is 37.3 Å². The smallest absolute Gasteiger partial charge is 0.251 e. The van der Waals surface area contributed by atoms with E-state index in [4.69, 9.17) is 4.74 Å². The Hall–Kier alpha value is -2.66. The maximum atomic E-state index is 12.6. The molecule has 2 aromatic carbocycles. The van der Waals surface area contributed by atoms with E-state index in [-0.39, 0.29) is 18.2 Å². The third-order valence-electron chi connectivity index (χ3n) is 4.11. The average Bonchev–Trinajstić information content (AvgIpc) is 2.93. The van der Waals surface area contributed by atoms with E-state index < -0.39 is 6.04 Å². The molecule has 0 aliphatic carbocycles. The van der Waals surface area contributed by atoms with E-state index in [9.17, 15) is 9.59 Å². The average molecular weight is 338 g/mol. The van der Waals surface area contributed by atoms with Crippen LogP contribution in [0.25, 0.3) is 0 Å². The normalized spacial score (nSPS) is 17.2. The van der Waals surface area contributed by atoms with E-state index in [1.807, 2.05) is 37.3 Å². The van der Waals surface area contributed by atoms with Crippen molar-refractivity contribution >= 4 is 17.5 Å². The summed E-state index contributed by atoms with van der Waals surface area (Å²) in [6, 6.07) is 16.4. The fraction of sp³-hybridized carbons (Fsp3) is 0.300. The maximum absolute atomic E-state index is 12.6. The first kappa shape index (κ1) is 17.2. The molecule has 130 valence electrons. The Morgan fingerprint density at radius 1 is 1.08 bits per heavy atom. The minimum atomic E-state index is -0.483. The number of anilines is 1. The summed E-state index contributed by atoms with van der Waals surface area (Å²) >= 11 is 0. The van der Waals surface area contributed by atoms with Crippen molar-refractivity contribution in [3.8, 4) is 5.75 Å². The van der Waals surface area contributed by atoms with Crippen molar-refractivity contribution < 1.29 is 14.3 Å². The third-order valence-corrected chi connectivity index (χ3v) is 4.11. The zero-order valence-electron chi connectivity index (χ0n) is 14.3. The zero-order valence-corrected chi connectivity index (χ0v) is 14.3. The van der Waals surface area contributed by atoms with Gasteiger partial charge in [0.05, 0.1) is 24.8 Å². The molecule has 5 heteroatoms. The van der Waals surface area contributed by atoms with Crippen molar-refractivity contribution in [1.82, 2.24) is 5.32 Å². The second-order valence-electron chi connectivity index (χ2n) is 6.03. The van der Waals surface area contributed by atoms with Gasteiger partial charge < -0.3 is 10.1 Å². The number of carbonyl (C=O) groups is 2. The Kier molecular flexibility index (Phi) is 5.46. The molecule has 0 saturated carbocycles. The third kappa shape index (κ3) is 4.06. The predicted molar refractivity (Wildman–Crippen MR) is 96.4 cm³/mol. The molecule has 2 amide bonds. The van der Waals surface area contributed by atoms with E-state index in [0.29, 0.717) is 18.8 Å². The SMILES string of the molecule is CCCOc1ccc(N2C(=O)CC(NCc3ccccc3)C2=O)cc1. The molecule has 0 spiro atoms. The zero-order chi connectivity index (χ0) is 17.6. The van der Waals surface area contributed by atoms with Gasteiger partial charge in [0.25, 0.3) is 5.91 Å². The molecule has 0 aromatic heterocycles. The molecule has 1 atom stereocenters. The molecule has 1 saturated heterocycles. The highest BCUT2D eigenvalue weighted by Crippen LogP contribution is 2.25. The van der Waals surface area contributed by atoms with Gasteiger partial charge in [0.15, 0.2) is 0 Å². The predicted octanol–water partition coefficient (Wildman–Crippen LogP) is 2.90. The molecule has 2 aromatic rings. The highest BCUT2D eigenvalue weighted by atomic mass is 16.5. The minimum absolute atomic E-state index is 0.180. The van der Waals surface area contributed by atoms with E-state index >= 15 is 0 Å². The molecule has 1 aliphatic heterocycles. The number of imide groups is 1. The molecule has 1 unspecified atom stereocenters. The molecule has 5 nitrogen and oxygen atoms in total. The summed E-state index contributed by atoms with van der Waals surface area (Å²) in [5, 5.41) is 3.18. The molecular formula is C20H22N2O3. The second-order valence-corrected chi connectivity index (χ2v) is 6.03. The van der Waals surface area contributed by atoms with Gasteiger partial charge in [0.2, 0.25) is 5.91 Å². The first-order valence-corrected chi connectivity index (χ1v) is 8.56. The first-order valence-electron chi connectivity index (χ1n) is 8.56. The number of amides is 2. The largest absolute Gasteiger partial charge is 0.494 e. The van der Waals surface area contributed by atoms with Crippen LogP contribution in [0.3, 0.4) is 0 Å². The highest BCUT2D eigenvalue weighted by molar-refractivity contribution is 6.22. The van der Waals surface area contributed by atoms with Crippen molar-refractivity contribution in [2.45, 2.75) is 32.4 Å². The Labute approximate surface area is 147 Å². The lowest BCUT2D eigenvalue weighted by Gasteiger charge is -2.16. The molecule has 1 heterocycles. The van der Waals surface area contributed by atoms with Crippen molar-refractivity contribution in [2.24, 2.45) is 0 Å². The van der Waals surface area contributed by atoms with Gasteiger partial charge in [0, 0.05) is 6.54 Å². The van der Waals surface area contributed by atoms with Crippen LogP contribution < -0.4 is 15.0 Å². The van der Waals surface area contributed by atoms with Gasteiger partial charge in [-0.3, -0.25) is 9.59 Å². The Balaban J connectivity index is 1.64. The molecule has 1 N–H and O–H groups in total. The Morgan fingerprint density at radius 2 is 1.80 bits per heavy atom. The van der Waals surface area contributed by atoms with Crippen molar-refractivity contribution in [1.29, 1.82) is 0 Å². The van der Waals surface area contributed by atoms with Crippen molar-refractivity contribution in [3.05, 3.63) is 60.2 Å². The number of rotatable bonds is 7. The number of nitrogens with zero attached hydrogens (tertiary/aromatic N) is 1. The minimum Gasteiger partial charge on any atom is -0.494 e. The lowest BCUT2D eigenvalue weighted by molar-refractivity contribution is -0.121. The van der Waals surface area contributed by atoms with Gasteiger partial charge in [-0.05, 0) is 36.2 Å². The van der Waals surface area contributed by atoms with Crippen LogP contribution in [0.1, 0.15) is 25.3 Å². The lowest BCUT2D eigenvalue weighted by Crippen LogP contribution is -2.38. The van der Waals surface area contributed by atoms with Crippen molar-refractivity contribution in [2.75, 3.05) is 11.5 Å². The summed E-state index contributed by atoms with van der Waals surface area (Å²) in [7, 11) is 0. The molecule has 1 aliphatic rings. The highest BCUT2D eigenvalue weighted by Gasteiger charge is 2.39. The summed E-state index contributed by atoms with van der Waals surface area (Å²) in [5.41, 5.74) is 1.67. The van der Waals surface area contributed by atoms with E-state index in [0.717, 1.165) is 17.7 Å². The van der Waals surface area contributed by atoms with Gasteiger partial charge in [-0.25, -0.2) is 4.90 Å². The standard InChI is InChI=1S/C20H22N2O3/c1-2-12-25-17-10-8-16(9-11-17)22-19(23)13-18(20(22)24)21-14-15-6-4-3-5-7-15/h3-11,18,21H,2,12-14H2,1H3. The van der Waals surface area contributed by atoms with E-state index in [1.54, 1.807) is 24.3 Å². The summed E-state index contributed by atoms with van der Waals surface area (Å²) in [6.45, 7) is 3.24. The van der Waals surface area contributed by atoms with E-state index in [2.05, 4.69) is 5.32 Å². The van der Waals surface area contributed by atoms with Crippen LogP contribution in [-0.2, 0) is 16.1 Å². The molecule has 0 bridgehead atoms. The molecule has 0 radical (unpaired) electrons. The lowest BCUT2D eigenvalue weighted by atomic mass is 10.2. The van der Waals surface area contributed by atoms with Crippen LogP contribution >= 0.6 is 0 Å². The number of hydrogen-bond donors (Lipinski definition) is 1. The maximum Gasteiger partial charge on any atom is 0.251 e. The summed E-state index contributed by atoms with van der Waals surface area (Å²) < 4.78 is 5.53. The van der Waals surface area contributed by atoms with Crippen LogP contribution in [-0.4, -0.2) is 24.5 Å². The summed E-state index contributed by atoms with van der Waals surface area (Å²) in [4.78, 5) is 26.2.